The summed E-state index contributed by atoms with van der Waals surface area (Å²) in [6.07, 6.45) is 2.51. The third-order valence-electron chi connectivity index (χ3n) is 4.59. The van der Waals surface area contributed by atoms with Gasteiger partial charge in [0, 0.05) is 6.20 Å². The zero-order valence-electron chi connectivity index (χ0n) is 15.1. The second-order valence-corrected chi connectivity index (χ2v) is 6.35. The summed E-state index contributed by atoms with van der Waals surface area (Å²) >= 11 is 0. The Morgan fingerprint density at radius 2 is 1.72 bits per heavy atom. The van der Waals surface area contributed by atoms with Gasteiger partial charge < -0.3 is 10.4 Å². The molecule has 25 heavy (non-hydrogen) atoms. The van der Waals surface area contributed by atoms with E-state index in [0.717, 1.165) is 12.0 Å². The maximum atomic E-state index is 12.5. The number of carbonyl (C=O) groups is 2. The molecule has 0 spiro atoms. The van der Waals surface area contributed by atoms with Gasteiger partial charge in [0.2, 0.25) is 0 Å². The molecule has 1 amide bonds. The second kappa shape index (κ2) is 7.96. The molecule has 2 rings (SSSR count). The predicted molar refractivity (Wildman–Crippen MR) is 95.6 cm³/mol. The number of carboxylic acids is 1. The maximum Gasteiger partial charge on any atom is 0.328 e. The molecule has 6 heteroatoms. The lowest BCUT2D eigenvalue weighted by Crippen LogP contribution is -2.30. The van der Waals surface area contributed by atoms with Crippen molar-refractivity contribution in [3.63, 3.8) is 0 Å². The summed E-state index contributed by atoms with van der Waals surface area (Å²) in [5.41, 5.74) is 2.51. The van der Waals surface area contributed by atoms with Gasteiger partial charge in [-0.3, -0.25) is 4.79 Å². The molecule has 3 atom stereocenters. The number of nitrogens with one attached hydrogen (secondary N) is 1. The minimum absolute atomic E-state index is 0.193. The molecule has 2 N–H and O–H groups in total. The van der Waals surface area contributed by atoms with E-state index in [9.17, 15) is 9.59 Å². The number of benzene rings is 1. The molecule has 0 aliphatic heterocycles. The fourth-order valence-electron chi connectivity index (χ4n) is 2.61. The summed E-state index contributed by atoms with van der Waals surface area (Å²) < 4.78 is 1.22. The Morgan fingerprint density at radius 1 is 1.12 bits per heavy atom. The fraction of sp³-hybridized carbons (Fsp3) is 0.421. The van der Waals surface area contributed by atoms with Crippen molar-refractivity contribution < 1.29 is 14.7 Å². The van der Waals surface area contributed by atoms with Crippen LogP contribution in [0.3, 0.4) is 0 Å². The molecule has 1 aromatic heterocycles. The van der Waals surface area contributed by atoms with Crippen LogP contribution in [0.2, 0.25) is 0 Å². The van der Waals surface area contributed by atoms with E-state index in [1.54, 1.807) is 0 Å². The number of hydrogen-bond acceptors (Lipinski definition) is 3. The Hall–Kier alpha value is -2.63. The Morgan fingerprint density at radius 3 is 2.28 bits per heavy atom. The lowest BCUT2D eigenvalue weighted by molar-refractivity contribution is -0.140. The second-order valence-electron chi connectivity index (χ2n) is 6.35. The zero-order chi connectivity index (χ0) is 18.6. The van der Waals surface area contributed by atoms with Gasteiger partial charge in [-0.15, -0.1) is 0 Å². The van der Waals surface area contributed by atoms with Crippen molar-refractivity contribution in [1.82, 2.24) is 15.1 Å². The van der Waals surface area contributed by atoms with E-state index >= 15 is 0 Å². The third kappa shape index (κ3) is 4.26. The first-order valence-corrected chi connectivity index (χ1v) is 8.52. The quantitative estimate of drug-likeness (QED) is 0.805. The van der Waals surface area contributed by atoms with Crippen molar-refractivity contribution in [1.29, 1.82) is 0 Å². The standard InChI is InChI=1S/C19H25N3O3/c1-5-12(2)15-6-8-16(9-7-15)13(3)21-18(23)17-10-11-20-22(17)14(4)19(24)25/h6-14H,5H2,1-4H3,(H,21,23)(H,24,25). The van der Waals surface area contributed by atoms with Crippen LogP contribution in [-0.4, -0.2) is 26.8 Å². The van der Waals surface area contributed by atoms with E-state index in [1.165, 1.54) is 29.4 Å². The van der Waals surface area contributed by atoms with E-state index in [0.29, 0.717) is 5.92 Å². The highest BCUT2D eigenvalue weighted by molar-refractivity contribution is 5.93. The maximum absolute atomic E-state index is 12.5. The molecule has 3 unspecified atom stereocenters. The van der Waals surface area contributed by atoms with E-state index in [1.807, 2.05) is 19.1 Å². The van der Waals surface area contributed by atoms with Crippen LogP contribution in [0.5, 0.6) is 0 Å². The van der Waals surface area contributed by atoms with Crippen molar-refractivity contribution in [2.45, 2.75) is 52.1 Å². The van der Waals surface area contributed by atoms with Gasteiger partial charge in [0.15, 0.2) is 0 Å². The average molecular weight is 343 g/mol. The molecule has 0 saturated carbocycles. The molecule has 0 fully saturated rings. The highest BCUT2D eigenvalue weighted by atomic mass is 16.4. The van der Waals surface area contributed by atoms with E-state index in [-0.39, 0.29) is 17.6 Å². The Kier molecular flexibility index (Phi) is 5.96. The lowest BCUT2D eigenvalue weighted by atomic mass is 9.96. The summed E-state index contributed by atoms with van der Waals surface area (Å²) in [7, 11) is 0. The van der Waals surface area contributed by atoms with Crippen molar-refractivity contribution in [3.05, 3.63) is 53.3 Å². The number of aliphatic carboxylic acids is 1. The molecule has 2 aromatic rings. The van der Waals surface area contributed by atoms with E-state index < -0.39 is 12.0 Å². The van der Waals surface area contributed by atoms with Gasteiger partial charge in [-0.1, -0.05) is 38.1 Å². The van der Waals surface area contributed by atoms with Crippen LogP contribution in [0.4, 0.5) is 0 Å². The largest absolute Gasteiger partial charge is 0.480 e. The lowest BCUT2D eigenvalue weighted by Gasteiger charge is -2.17. The minimum Gasteiger partial charge on any atom is -0.480 e. The minimum atomic E-state index is -1.04. The number of rotatable bonds is 7. The van der Waals surface area contributed by atoms with Crippen LogP contribution in [0.15, 0.2) is 36.5 Å². The van der Waals surface area contributed by atoms with Crippen LogP contribution in [-0.2, 0) is 4.79 Å². The smallest absolute Gasteiger partial charge is 0.328 e. The van der Waals surface area contributed by atoms with Gasteiger partial charge in [0.1, 0.15) is 11.7 Å². The first-order valence-electron chi connectivity index (χ1n) is 8.52. The molecule has 0 radical (unpaired) electrons. The van der Waals surface area contributed by atoms with Crippen LogP contribution in [0.1, 0.15) is 73.7 Å². The Bertz CT molecular complexity index is 737. The number of nitrogens with zero attached hydrogens (tertiary/aromatic N) is 2. The molecule has 0 aliphatic carbocycles. The summed E-state index contributed by atoms with van der Waals surface area (Å²) in [6.45, 7) is 7.73. The van der Waals surface area contributed by atoms with Gasteiger partial charge in [-0.25, -0.2) is 9.48 Å². The number of hydrogen-bond donors (Lipinski definition) is 2. The molecule has 0 saturated heterocycles. The molecular formula is C19H25N3O3. The van der Waals surface area contributed by atoms with Gasteiger partial charge in [0.25, 0.3) is 5.91 Å². The van der Waals surface area contributed by atoms with Gasteiger partial charge in [-0.05, 0) is 43.4 Å². The van der Waals surface area contributed by atoms with E-state index in [4.69, 9.17) is 5.11 Å². The van der Waals surface area contributed by atoms with Crippen LogP contribution in [0.25, 0.3) is 0 Å². The number of carbonyl (C=O) groups excluding carboxylic acids is 1. The van der Waals surface area contributed by atoms with Crippen LogP contribution >= 0.6 is 0 Å². The highest BCUT2D eigenvalue weighted by Crippen LogP contribution is 2.21. The highest BCUT2D eigenvalue weighted by Gasteiger charge is 2.22. The SMILES string of the molecule is CCC(C)c1ccc(C(C)NC(=O)c2ccnn2C(C)C(=O)O)cc1. The zero-order valence-corrected chi connectivity index (χ0v) is 15.1. The number of carboxylic acid groups (broad SMARTS) is 1. The van der Waals surface area contributed by atoms with Gasteiger partial charge in [0.05, 0.1) is 6.04 Å². The van der Waals surface area contributed by atoms with Gasteiger partial charge >= 0.3 is 5.97 Å². The Labute approximate surface area is 147 Å². The van der Waals surface area contributed by atoms with Crippen molar-refractivity contribution in [3.8, 4) is 0 Å². The number of aromatic nitrogens is 2. The van der Waals surface area contributed by atoms with Crippen molar-refractivity contribution in [2.24, 2.45) is 0 Å². The van der Waals surface area contributed by atoms with Crippen LogP contribution in [0, 0.1) is 0 Å². The van der Waals surface area contributed by atoms with Crippen LogP contribution < -0.4 is 5.32 Å². The molecule has 0 aliphatic rings. The third-order valence-corrected chi connectivity index (χ3v) is 4.59. The molecule has 1 aromatic carbocycles. The van der Waals surface area contributed by atoms with Crippen molar-refractivity contribution in [2.75, 3.05) is 0 Å². The number of amides is 1. The monoisotopic (exact) mass is 343 g/mol. The first kappa shape index (κ1) is 18.7. The molecule has 6 nitrogen and oxygen atoms in total. The summed E-state index contributed by atoms with van der Waals surface area (Å²) in [6, 6.07) is 8.63. The topological polar surface area (TPSA) is 84.2 Å². The molecule has 0 bridgehead atoms. The first-order chi connectivity index (χ1) is 11.8. The molecular weight excluding hydrogens is 318 g/mol. The van der Waals surface area contributed by atoms with Crippen molar-refractivity contribution >= 4 is 11.9 Å². The molecule has 134 valence electrons. The molecule has 1 heterocycles. The average Bonchev–Trinajstić information content (AvgIpc) is 3.10. The normalized spacial score (nSPS) is 14.6. The summed E-state index contributed by atoms with van der Waals surface area (Å²) in [5, 5.41) is 16.0. The predicted octanol–water partition coefficient (Wildman–Crippen LogP) is 3.53. The summed E-state index contributed by atoms with van der Waals surface area (Å²) in [5.74, 6) is -0.874. The fourth-order valence-corrected chi connectivity index (χ4v) is 2.61. The van der Waals surface area contributed by atoms with E-state index in [2.05, 4.69) is 36.4 Å². The summed E-state index contributed by atoms with van der Waals surface area (Å²) in [4.78, 5) is 23.6. The van der Waals surface area contributed by atoms with Gasteiger partial charge in [-0.2, -0.15) is 5.10 Å². The Balaban J connectivity index is 2.10.